The summed E-state index contributed by atoms with van der Waals surface area (Å²) in [5, 5.41) is 18.6. The molecule has 19 heavy (non-hydrogen) atoms. The number of rotatable bonds is 14. The van der Waals surface area contributed by atoms with E-state index in [1.54, 1.807) is 6.92 Å². The van der Waals surface area contributed by atoms with Gasteiger partial charge in [-0.2, -0.15) is 0 Å². The Morgan fingerprint density at radius 1 is 0.684 bits per heavy atom. The van der Waals surface area contributed by atoms with Crippen LogP contribution in [0.1, 0.15) is 97.3 Å². The summed E-state index contributed by atoms with van der Waals surface area (Å²) in [4.78, 5) is 0. The highest BCUT2D eigenvalue weighted by Crippen LogP contribution is 2.16. The van der Waals surface area contributed by atoms with Crippen LogP contribution >= 0.6 is 0 Å². The molecule has 2 N–H and O–H groups in total. The van der Waals surface area contributed by atoms with E-state index in [2.05, 4.69) is 6.92 Å². The summed E-state index contributed by atoms with van der Waals surface area (Å²) in [7, 11) is 0. The predicted octanol–water partition coefficient (Wildman–Crippen LogP) is 4.82. The van der Waals surface area contributed by atoms with Gasteiger partial charge < -0.3 is 10.2 Å². The lowest BCUT2D eigenvalue weighted by atomic mass is 9.98. The quantitative estimate of drug-likeness (QED) is 0.445. The molecule has 0 radical (unpaired) electrons. The van der Waals surface area contributed by atoms with Crippen LogP contribution in [0.25, 0.3) is 0 Å². The van der Waals surface area contributed by atoms with Crippen LogP contribution in [0.15, 0.2) is 0 Å². The minimum absolute atomic E-state index is 0.120. The van der Waals surface area contributed by atoms with Gasteiger partial charge in [-0.25, -0.2) is 0 Å². The molecular weight excluding hydrogens is 236 g/mol. The van der Waals surface area contributed by atoms with Crippen molar-refractivity contribution in [3.8, 4) is 0 Å². The molecule has 1 unspecified atom stereocenters. The molecule has 0 heterocycles. The number of aliphatic hydroxyl groups excluding tert-OH is 1. The number of unbranched alkanes of at least 4 members (excludes halogenated alkanes) is 11. The third kappa shape index (κ3) is 14.1. The fraction of sp³-hybridized carbons (Fsp3) is 1.00. The average molecular weight is 272 g/mol. The van der Waals surface area contributed by atoms with Crippen molar-refractivity contribution in [1.82, 2.24) is 0 Å². The first kappa shape index (κ1) is 18.9. The average Bonchev–Trinajstić information content (AvgIpc) is 2.40. The Labute approximate surface area is 120 Å². The zero-order valence-corrected chi connectivity index (χ0v) is 13.3. The van der Waals surface area contributed by atoms with Crippen molar-refractivity contribution in [3.63, 3.8) is 0 Å². The maximum absolute atomic E-state index is 9.63. The summed E-state index contributed by atoms with van der Waals surface area (Å²) < 4.78 is 0. The molecule has 116 valence electrons. The Morgan fingerprint density at radius 2 is 1.05 bits per heavy atom. The Kier molecular flexibility index (Phi) is 12.9. The van der Waals surface area contributed by atoms with Gasteiger partial charge in [0.2, 0.25) is 0 Å². The van der Waals surface area contributed by atoms with Gasteiger partial charge in [0, 0.05) is 0 Å². The Hall–Kier alpha value is -0.0800. The lowest BCUT2D eigenvalue weighted by Crippen LogP contribution is -2.28. The standard InChI is InChI=1S/C17H36O2/c1-3-4-5-6-7-8-9-10-11-12-13-14-15-17(2,19)16-18/h18-19H,3-16H2,1-2H3. The van der Waals surface area contributed by atoms with Gasteiger partial charge in [0.05, 0.1) is 12.2 Å². The third-order valence-corrected chi connectivity index (χ3v) is 3.91. The van der Waals surface area contributed by atoms with Gasteiger partial charge in [-0.05, 0) is 13.3 Å². The monoisotopic (exact) mass is 272 g/mol. The molecule has 0 aromatic heterocycles. The summed E-state index contributed by atoms with van der Waals surface area (Å²) in [6.45, 7) is 3.86. The first-order chi connectivity index (χ1) is 9.12. The fourth-order valence-electron chi connectivity index (χ4n) is 2.43. The molecule has 0 aromatic rings. The van der Waals surface area contributed by atoms with Gasteiger partial charge >= 0.3 is 0 Å². The molecule has 0 amide bonds. The molecule has 0 aliphatic carbocycles. The number of hydrogen-bond acceptors (Lipinski definition) is 2. The summed E-state index contributed by atoms with van der Waals surface area (Å²) >= 11 is 0. The minimum Gasteiger partial charge on any atom is -0.393 e. The zero-order chi connectivity index (χ0) is 14.4. The van der Waals surface area contributed by atoms with E-state index in [1.807, 2.05) is 0 Å². The molecule has 2 heteroatoms. The molecule has 0 spiro atoms. The van der Waals surface area contributed by atoms with Crippen LogP contribution in [-0.4, -0.2) is 22.4 Å². The summed E-state index contributed by atoms with van der Waals surface area (Å²) in [6.07, 6.45) is 16.7. The smallest absolute Gasteiger partial charge is 0.0849 e. The van der Waals surface area contributed by atoms with E-state index >= 15 is 0 Å². The van der Waals surface area contributed by atoms with Crippen molar-refractivity contribution in [2.24, 2.45) is 0 Å². The highest BCUT2D eigenvalue weighted by molar-refractivity contribution is 4.70. The van der Waals surface area contributed by atoms with Crippen LogP contribution in [-0.2, 0) is 0 Å². The third-order valence-electron chi connectivity index (χ3n) is 3.91. The number of aliphatic hydroxyl groups is 2. The maximum Gasteiger partial charge on any atom is 0.0849 e. The van der Waals surface area contributed by atoms with Gasteiger partial charge in [-0.1, -0.05) is 84.0 Å². The van der Waals surface area contributed by atoms with Crippen LogP contribution in [0.4, 0.5) is 0 Å². The van der Waals surface area contributed by atoms with Crippen molar-refractivity contribution >= 4 is 0 Å². The molecule has 1 atom stereocenters. The molecule has 0 rings (SSSR count). The van der Waals surface area contributed by atoms with Gasteiger partial charge in [0.15, 0.2) is 0 Å². The van der Waals surface area contributed by atoms with E-state index in [1.165, 1.54) is 70.6 Å². The summed E-state index contributed by atoms with van der Waals surface area (Å²) in [5.41, 5.74) is -0.863. The van der Waals surface area contributed by atoms with E-state index < -0.39 is 5.60 Å². The SMILES string of the molecule is CCCCCCCCCCCCCCC(C)(O)CO. The van der Waals surface area contributed by atoms with E-state index in [4.69, 9.17) is 5.11 Å². The number of hydrogen-bond donors (Lipinski definition) is 2. The molecular formula is C17H36O2. The Bertz CT molecular complexity index is 178. The molecule has 0 fully saturated rings. The molecule has 0 saturated carbocycles. The van der Waals surface area contributed by atoms with Crippen molar-refractivity contribution in [2.75, 3.05) is 6.61 Å². The first-order valence-corrected chi connectivity index (χ1v) is 8.45. The largest absolute Gasteiger partial charge is 0.393 e. The van der Waals surface area contributed by atoms with Gasteiger partial charge in [0.1, 0.15) is 0 Å². The second-order valence-electron chi connectivity index (χ2n) is 6.29. The summed E-state index contributed by atoms with van der Waals surface area (Å²) in [6, 6.07) is 0. The van der Waals surface area contributed by atoms with Crippen LogP contribution < -0.4 is 0 Å². The summed E-state index contributed by atoms with van der Waals surface area (Å²) in [5.74, 6) is 0. The predicted molar refractivity (Wildman–Crippen MR) is 83.4 cm³/mol. The van der Waals surface area contributed by atoms with Gasteiger partial charge in [-0.15, -0.1) is 0 Å². The van der Waals surface area contributed by atoms with Crippen LogP contribution in [0, 0.1) is 0 Å². The van der Waals surface area contributed by atoms with Crippen LogP contribution in [0.5, 0.6) is 0 Å². The Balaban J connectivity index is 3.07. The molecule has 0 aliphatic heterocycles. The van der Waals surface area contributed by atoms with E-state index in [0.29, 0.717) is 0 Å². The van der Waals surface area contributed by atoms with Crippen molar-refractivity contribution < 1.29 is 10.2 Å². The van der Waals surface area contributed by atoms with Gasteiger partial charge in [0.25, 0.3) is 0 Å². The lowest BCUT2D eigenvalue weighted by Gasteiger charge is -2.19. The van der Waals surface area contributed by atoms with E-state index in [0.717, 1.165) is 12.8 Å². The van der Waals surface area contributed by atoms with Crippen molar-refractivity contribution in [1.29, 1.82) is 0 Å². The molecule has 0 bridgehead atoms. The Morgan fingerprint density at radius 3 is 1.42 bits per heavy atom. The first-order valence-electron chi connectivity index (χ1n) is 8.45. The molecule has 2 nitrogen and oxygen atoms in total. The highest BCUT2D eigenvalue weighted by atomic mass is 16.3. The maximum atomic E-state index is 9.63. The van der Waals surface area contributed by atoms with Crippen LogP contribution in [0.3, 0.4) is 0 Å². The second kappa shape index (κ2) is 12.9. The van der Waals surface area contributed by atoms with E-state index in [9.17, 15) is 5.11 Å². The van der Waals surface area contributed by atoms with Crippen molar-refractivity contribution in [2.45, 2.75) is 103 Å². The fourth-order valence-corrected chi connectivity index (χ4v) is 2.43. The van der Waals surface area contributed by atoms with Crippen LogP contribution in [0.2, 0.25) is 0 Å². The topological polar surface area (TPSA) is 40.5 Å². The molecule has 0 saturated heterocycles. The lowest BCUT2D eigenvalue weighted by molar-refractivity contribution is -0.00695. The highest BCUT2D eigenvalue weighted by Gasteiger charge is 2.17. The minimum atomic E-state index is -0.863. The molecule has 0 aromatic carbocycles. The zero-order valence-electron chi connectivity index (χ0n) is 13.3. The normalized spacial score (nSPS) is 14.5. The second-order valence-corrected chi connectivity index (χ2v) is 6.29. The van der Waals surface area contributed by atoms with E-state index in [-0.39, 0.29) is 6.61 Å². The van der Waals surface area contributed by atoms with Crippen molar-refractivity contribution in [3.05, 3.63) is 0 Å². The van der Waals surface area contributed by atoms with Gasteiger partial charge in [-0.3, -0.25) is 0 Å². The molecule has 0 aliphatic rings.